The van der Waals surface area contributed by atoms with E-state index in [1.165, 1.54) is 13.1 Å². The van der Waals surface area contributed by atoms with Gasteiger partial charge in [-0.1, -0.05) is 54.1 Å². The lowest BCUT2D eigenvalue weighted by atomic mass is 10.1. The number of carbonyl (C=O) groups excluding carboxylic acids is 1. The molecule has 2 aromatic carbocycles. The first-order chi connectivity index (χ1) is 13.3. The zero-order valence-corrected chi connectivity index (χ0v) is 16.9. The molecule has 0 saturated carbocycles. The van der Waals surface area contributed by atoms with Crippen LogP contribution in [0.3, 0.4) is 0 Å². The average molecular weight is 398 g/mol. The molecule has 0 amide bonds. The van der Waals surface area contributed by atoms with E-state index in [1.54, 1.807) is 0 Å². The van der Waals surface area contributed by atoms with Gasteiger partial charge in [-0.15, -0.1) is 4.40 Å². The predicted octanol–water partition coefficient (Wildman–Crippen LogP) is 3.45. The van der Waals surface area contributed by atoms with Crippen molar-refractivity contribution in [1.29, 1.82) is 0 Å². The van der Waals surface area contributed by atoms with E-state index in [4.69, 9.17) is 4.74 Å². The van der Waals surface area contributed by atoms with E-state index in [2.05, 4.69) is 4.40 Å². The minimum absolute atomic E-state index is 0.0910. The summed E-state index contributed by atoms with van der Waals surface area (Å²) in [6.07, 6.45) is 1.30. The number of aryl methyl sites for hydroxylation is 2. The van der Waals surface area contributed by atoms with Gasteiger partial charge in [0.05, 0.1) is 17.8 Å². The summed E-state index contributed by atoms with van der Waals surface area (Å²) in [5, 5.41) is 0. The van der Waals surface area contributed by atoms with Crippen molar-refractivity contribution in [3.63, 3.8) is 0 Å². The fraction of sp³-hybridized carbons (Fsp3) is 0.238. The van der Waals surface area contributed by atoms with E-state index in [9.17, 15) is 13.2 Å². The lowest BCUT2D eigenvalue weighted by Gasteiger charge is -2.23. The second-order valence-corrected chi connectivity index (χ2v) is 8.28. The Morgan fingerprint density at radius 2 is 1.79 bits per heavy atom. The first-order valence-corrected chi connectivity index (χ1v) is 10.2. The Morgan fingerprint density at radius 1 is 1.07 bits per heavy atom. The molecule has 1 heterocycles. The third-order valence-electron chi connectivity index (χ3n) is 4.48. The molecule has 0 unspecified atom stereocenters. The Balaban J connectivity index is 1.79. The molecule has 0 fully saturated rings. The van der Waals surface area contributed by atoms with Crippen LogP contribution in [0.4, 0.5) is 0 Å². The van der Waals surface area contributed by atoms with Crippen LogP contribution in [0.25, 0.3) is 0 Å². The van der Waals surface area contributed by atoms with Gasteiger partial charge in [-0.3, -0.25) is 4.31 Å². The van der Waals surface area contributed by atoms with Gasteiger partial charge in [0.15, 0.2) is 0 Å². The van der Waals surface area contributed by atoms with Crippen LogP contribution in [0.5, 0.6) is 0 Å². The Labute approximate surface area is 165 Å². The number of esters is 1. The lowest BCUT2D eigenvalue weighted by Crippen LogP contribution is -2.31. The molecule has 2 aromatic rings. The molecule has 7 heteroatoms. The molecule has 3 rings (SSSR count). The van der Waals surface area contributed by atoms with Gasteiger partial charge in [-0.05, 0) is 37.5 Å². The molecule has 0 spiro atoms. The first-order valence-electron chi connectivity index (χ1n) is 8.84. The van der Waals surface area contributed by atoms with Gasteiger partial charge in [0.2, 0.25) is 0 Å². The smallest absolute Gasteiger partial charge is 0.344 e. The van der Waals surface area contributed by atoms with Gasteiger partial charge in [0.1, 0.15) is 6.61 Å². The van der Waals surface area contributed by atoms with E-state index < -0.39 is 16.2 Å². The molecule has 28 heavy (non-hydrogen) atoms. The van der Waals surface area contributed by atoms with Crippen molar-refractivity contribution in [2.24, 2.45) is 4.40 Å². The number of rotatable bonds is 5. The molecule has 1 aliphatic rings. The van der Waals surface area contributed by atoms with E-state index in [1.807, 2.05) is 62.4 Å². The highest BCUT2D eigenvalue weighted by molar-refractivity contribution is 7.88. The van der Waals surface area contributed by atoms with Crippen molar-refractivity contribution < 1.29 is 17.9 Å². The third kappa shape index (κ3) is 4.48. The summed E-state index contributed by atoms with van der Waals surface area (Å²) >= 11 is 0. The second kappa shape index (κ2) is 7.98. The molecule has 0 bridgehead atoms. The zero-order chi connectivity index (χ0) is 20.3. The molecule has 0 saturated heterocycles. The molecular weight excluding hydrogens is 376 g/mol. The summed E-state index contributed by atoms with van der Waals surface area (Å²) in [5.74, 6) is -0.602. The number of benzene rings is 2. The van der Waals surface area contributed by atoms with Crippen LogP contribution in [0.1, 0.15) is 29.2 Å². The minimum Gasteiger partial charge on any atom is -0.457 e. The van der Waals surface area contributed by atoms with Crippen LogP contribution >= 0.6 is 0 Å². The number of nitrogens with zero attached hydrogens (tertiary/aromatic N) is 2. The molecule has 1 aliphatic heterocycles. The fourth-order valence-corrected chi connectivity index (χ4v) is 3.95. The van der Waals surface area contributed by atoms with Crippen LogP contribution in [0.2, 0.25) is 0 Å². The molecule has 0 aromatic heterocycles. The summed E-state index contributed by atoms with van der Waals surface area (Å²) < 4.78 is 35.0. The summed E-state index contributed by atoms with van der Waals surface area (Å²) in [6, 6.07) is 15.0. The maximum atomic E-state index is 12.6. The van der Waals surface area contributed by atoms with Gasteiger partial charge in [0, 0.05) is 6.20 Å². The van der Waals surface area contributed by atoms with Crippen molar-refractivity contribution in [2.75, 3.05) is 0 Å². The number of hydrogen-bond acceptors (Lipinski definition) is 4. The van der Waals surface area contributed by atoms with E-state index in [-0.39, 0.29) is 24.4 Å². The largest absolute Gasteiger partial charge is 0.457 e. The van der Waals surface area contributed by atoms with Gasteiger partial charge in [-0.2, -0.15) is 8.42 Å². The van der Waals surface area contributed by atoms with Crippen molar-refractivity contribution in [3.8, 4) is 0 Å². The Kier molecular flexibility index (Phi) is 5.65. The van der Waals surface area contributed by atoms with Crippen LogP contribution in [0, 0.1) is 13.8 Å². The Bertz CT molecular complexity index is 1060. The van der Waals surface area contributed by atoms with Crippen molar-refractivity contribution in [1.82, 2.24) is 4.31 Å². The quantitative estimate of drug-likeness (QED) is 0.723. The summed E-state index contributed by atoms with van der Waals surface area (Å²) in [5.41, 5.74) is 4.06. The maximum absolute atomic E-state index is 12.6. The Morgan fingerprint density at radius 3 is 2.50 bits per heavy atom. The van der Waals surface area contributed by atoms with Gasteiger partial charge < -0.3 is 4.74 Å². The maximum Gasteiger partial charge on any atom is 0.344 e. The van der Waals surface area contributed by atoms with Crippen LogP contribution in [-0.4, -0.2) is 24.4 Å². The number of hydrogen-bond donors (Lipinski definition) is 0. The topological polar surface area (TPSA) is 76.0 Å². The molecule has 146 valence electrons. The summed E-state index contributed by atoms with van der Waals surface area (Å²) in [4.78, 5) is 12.6. The highest BCUT2D eigenvalue weighted by Crippen LogP contribution is 2.21. The van der Waals surface area contributed by atoms with E-state index in [0.29, 0.717) is 0 Å². The monoisotopic (exact) mass is 398 g/mol. The second-order valence-electron chi connectivity index (χ2n) is 6.73. The van der Waals surface area contributed by atoms with Gasteiger partial charge >= 0.3 is 16.2 Å². The Hall–Kier alpha value is -2.93. The molecular formula is C21H22N2O4S. The molecule has 0 N–H and O–H groups in total. The van der Waals surface area contributed by atoms with Crippen LogP contribution < -0.4 is 0 Å². The molecule has 6 nitrogen and oxygen atoms in total. The average Bonchev–Trinajstić information content (AvgIpc) is 2.65. The molecule has 0 aliphatic carbocycles. The molecule has 0 radical (unpaired) electrons. The zero-order valence-electron chi connectivity index (χ0n) is 16.0. The van der Waals surface area contributed by atoms with Crippen molar-refractivity contribution in [2.45, 2.75) is 33.9 Å². The SMILES string of the molecule is CC1=NS(=O)(=O)N(Cc2ccccc2)C=C1C(=O)OCc1cc(C)ccc1C. The predicted molar refractivity (Wildman–Crippen MR) is 108 cm³/mol. The fourth-order valence-electron chi connectivity index (χ4n) is 2.85. The van der Waals surface area contributed by atoms with Crippen LogP contribution in [-0.2, 0) is 32.9 Å². The summed E-state index contributed by atoms with van der Waals surface area (Å²) in [6.45, 7) is 5.61. The van der Waals surface area contributed by atoms with Crippen molar-refractivity contribution >= 4 is 21.9 Å². The normalized spacial score (nSPS) is 15.6. The van der Waals surface area contributed by atoms with Gasteiger partial charge in [0.25, 0.3) is 0 Å². The minimum atomic E-state index is -3.88. The summed E-state index contributed by atoms with van der Waals surface area (Å²) in [7, 11) is -3.88. The lowest BCUT2D eigenvalue weighted by molar-refractivity contribution is -0.139. The van der Waals surface area contributed by atoms with Crippen molar-refractivity contribution in [3.05, 3.63) is 82.6 Å². The highest BCUT2D eigenvalue weighted by atomic mass is 32.2. The highest BCUT2D eigenvalue weighted by Gasteiger charge is 2.29. The van der Waals surface area contributed by atoms with Gasteiger partial charge in [-0.25, -0.2) is 4.79 Å². The van der Waals surface area contributed by atoms with E-state index >= 15 is 0 Å². The number of ether oxygens (including phenoxy) is 1. The van der Waals surface area contributed by atoms with Crippen LogP contribution in [0.15, 0.2) is 64.7 Å². The third-order valence-corrected chi connectivity index (χ3v) is 5.81. The molecule has 0 atom stereocenters. The number of carbonyl (C=O) groups is 1. The standard InChI is InChI=1S/C21H22N2O4S/c1-15-9-10-16(2)19(11-15)14-27-21(24)20-13-23(28(25,26)22-17(20)3)12-18-7-5-4-6-8-18/h4-11,13H,12,14H2,1-3H3. The first kappa shape index (κ1) is 19.8. The van der Waals surface area contributed by atoms with E-state index in [0.717, 1.165) is 26.6 Å².